The number of allylic oxidation sites excluding steroid dienone is 1. The van der Waals surface area contributed by atoms with E-state index in [-0.39, 0.29) is 5.41 Å². The molecule has 0 aromatic heterocycles. The van der Waals surface area contributed by atoms with Crippen LogP contribution in [0.3, 0.4) is 0 Å². The molecular formula is C15H26O2. The van der Waals surface area contributed by atoms with Crippen molar-refractivity contribution >= 4 is 0 Å². The van der Waals surface area contributed by atoms with Gasteiger partial charge in [-0.1, -0.05) is 33.6 Å². The fraction of sp³-hybridized carbons (Fsp3) is 0.867. The van der Waals surface area contributed by atoms with E-state index in [9.17, 15) is 5.11 Å². The number of hydrogen-bond acceptors (Lipinski definition) is 2. The molecule has 2 rings (SSSR count). The molecule has 2 heteroatoms. The number of rotatable bonds is 1. The van der Waals surface area contributed by atoms with Gasteiger partial charge in [0.2, 0.25) is 0 Å². The predicted molar refractivity (Wildman–Crippen MR) is 69.6 cm³/mol. The van der Waals surface area contributed by atoms with Crippen molar-refractivity contribution in [1.29, 1.82) is 0 Å². The van der Waals surface area contributed by atoms with Crippen LogP contribution in [0.15, 0.2) is 11.8 Å². The Kier molecular flexibility index (Phi) is 3.53. The van der Waals surface area contributed by atoms with E-state index >= 15 is 0 Å². The molecule has 1 aliphatic carbocycles. The predicted octanol–water partition coefficient (Wildman–Crippen LogP) is 3.65. The van der Waals surface area contributed by atoms with Crippen molar-refractivity contribution < 1.29 is 9.84 Å². The molecule has 1 aliphatic heterocycles. The van der Waals surface area contributed by atoms with Gasteiger partial charge in [0, 0.05) is 0 Å². The highest BCUT2D eigenvalue weighted by molar-refractivity contribution is 5.17. The van der Waals surface area contributed by atoms with E-state index in [4.69, 9.17) is 4.74 Å². The van der Waals surface area contributed by atoms with Crippen molar-refractivity contribution in [2.24, 2.45) is 11.3 Å². The molecule has 1 fully saturated rings. The molecule has 0 saturated heterocycles. The van der Waals surface area contributed by atoms with Crippen molar-refractivity contribution in [1.82, 2.24) is 0 Å². The lowest BCUT2D eigenvalue weighted by Gasteiger charge is -2.47. The molecule has 1 heterocycles. The van der Waals surface area contributed by atoms with Crippen LogP contribution in [0.4, 0.5) is 0 Å². The van der Waals surface area contributed by atoms with Crippen LogP contribution in [0.25, 0.3) is 0 Å². The fourth-order valence-electron chi connectivity index (χ4n) is 3.46. The summed E-state index contributed by atoms with van der Waals surface area (Å²) in [7, 11) is 0. The van der Waals surface area contributed by atoms with Gasteiger partial charge in [0.25, 0.3) is 0 Å². The topological polar surface area (TPSA) is 29.5 Å². The molecule has 0 aromatic rings. The number of aliphatic hydroxyl groups is 1. The molecule has 0 aromatic carbocycles. The molecule has 2 nitrogen and oxygen atoms in total. The highest BCUT2D eigenvalue weighted by Gasteiger charge is 2.48. The van der Waals surface area contributed by atoms with Crippen molar-refractivity contribution in [3.63, 3.8) is 0 Å². The molecule has 0 spiro atoms. The Hall–Kier alpha value is -0.500. The minimum atomic E-state index is -0.711. The summed E-state index contributed by atoms with van der Waals surface area (Å²) in [6.07, 6.45) is 8.57. The van der Waals surface area contributed by atoms with Crippen LogP contribution in [0, 0.1) is 11.3 Å². The summed E-state index contributed by atoms with van der Waals surface area (Å²) in [5.74, 6) is 1.18. The molecule has 0 amide bonds. The normalized spacial score (nSPS) is 35.1. The summed E-state index contributed by atoms with van der Waals surface area (Å²) in [6.45, 7) is 7.47. The SMILES string of the molecule is CC(C)(C)C1CCCCC1(O)C1=CCCCO1. The zero-order chi connectivity index (χ0) is 12.5. The van der Waals surface area contributed by atoms with Crippen molar-refractivity contribution in [2.45, 2.75) is 64.9 Å². The first-order valence-corrected chi connectivity index (χ1v) is 7.00. The summed E-state index contributed by atoms with van der Waals surface area (Å²) >= 11 is 0. The van der Waals surface area contributed by atoms with E-state index in [0.29, 0.717) is 5.92 Å². The molecular weight excluding hydrogens is 212 g/mol. The first-order chi connectivity index (χ1) is 7.94. The third kappa shape index (κ3) is 2.52. The Bertz CT molecular complexity index is 301. The van der Waals surface area contributed by atoms with Crippen LogP contribution in [0.2, 0.25) is 0 Å². The second kappa shape index (κ2) is 4.64. The molecule has 0 radical (unpaired) electrons. The van der Waals surface area contributed by atoms with Crippen LogP contribution in [-0.2, 0) is 4.74 Å². The van der Waals surface area contributed by atoms with Gasteiger partial charge < -0.3 is 9.84 Å². The second-order valence-corrected chi connectivity index (χ2v) is 6.65. The van der Waals surface area contributed by atoms with E-state index in [0.717, 1.165) is 44.5 Å². The Morgan fingerprint density at radius 1 is 1.29 bits per heavy atom. The Labute approximate surface area is 105 Å². The highest BCUT2D eigenvalue weighted by atomic mass is 16.5. The van der Waals surface area contributed by atoms with E-state index in [2.05, 4.69) is 26.8 Å². The van der Waals surface area contributed by atoms with E-state index in [1.54, 1.807) is 0 Å². The summed E-state index contributed by atoms with van der Waals surface area (Å²) in [6, 6.07) is 0. The second-order valence-electron chi connectivity index (χ2n) is 6.65. The Morgan fingerprint density at radius 2 is 2.06 bits per heavy atom. The molecule has 2 unspecified atom stereocenters. The van der Waals surface area contributed by atoms with Gasteiger partial charge in [-0.3, -0.25) is 0 Å². The zero-order valence-electron chi connectivity index (χ0n) is 11.5. The zero-order valence-corrected chi connectivity index (χ0v) is 11.5. The highest BCUT2D eigenvalue weighted by Crippen LogP contribution is 2.48. The minimum Gasteiger partial charge on any atom is -0.495 e. The quantitative estimate of drug-likeness (QED) is 0.755. The average molecular weight is 238 g/mol. The van der Waals surface area contributed by atoms with Gasteiger partial charge in [-0.15, -0.1) is 0 Å². The van der Waals surface area contributed by atoms with Crippen LogP contribution < -0.4 is 0 Å². The fourth-order valence-corrected chi connectivity index (χ4v) is 3.46. The summed E-state index contributed by atoms with van der Waals surface area (Å²) < 4.78 is 5.76. The largest absolute Gasteiger partial charge is 0.495 e. The first-order valence-electron chi connectivity index (χ1n) is 7.00. The molecule has 0 bridgehead atoms. The molecule has 1 N–H and O–H groups in total. The molecule has 17 heavy (non-hydrogen) atoms. The van der Waals surface area contributed by atoms with Crippen molar-refractivity contribution in [2.75, 3.05) is 6.61 Å². The first kappa shape index (κ1) is 12.9. The van der Waals surface area contributed by atoms with E-state index < -0.39 is 5.60 Å². The van der Waals surface area contributed by atoms with Gasteiger partial charge in [0.1, 0.15) is 11.4 Å². The summed E-state index contributed by atoms with van der Waals surface area (Å²) in [5, 5.41) is 11.1. The van der Waals surface area contributed by atoms with Crippen LogP contribution in [0.1, 0.15) is 59.3 Å². The average Bonchev–Trinajstić information content (AvgIpc) is 2.29. The maximum Gasteiger partial charge on any atom is 0.124 e. The van der Waals surface area contributed by atoms with E-state index in [1.807, 2.05) is 0 Å². The van der Waals surface area contributed by atoms with Gasteiger partial charge in [-0.05, 0) is 43.1 Å². The van der Waals surface area contributed by atoms with Crippen molar-refractivity contribution in [3.05, 3.63) is 11.8 Å². The summed E-state index contributed by atoms with van der Waals surface area (Å²) in [5.41, 5.74) is -0.576. The minimum absolute atomic E-state index is 0.136. The lowest BCUT2D eigenvalue weighted by Crippen LogP contribution is -2.49. The van der Waals surface area contributed by atoms with Gasteiger partial charge in [0.15, 0.2) is 0 Å². The summed E-state index contributed by atoms with van der Waals surface area (Å²) in [4.78, 5) is 0. The molecule has 1 saturated carbocycles. The maximum atomic E-state index is 11.1. The van der Waals surface area contributed by atoms with Crippen LogP contribution in [-0.4, -0.2) is 17.3 Å². The van der Waals surface area contributed by atoms with Crippen molar-refractivity contribution in [3.8, 4) is 0 Å². The molecule has 2 atom stereocenters. The molecule has 98 valence electrons. The Morgan fingerprint density at radius 3 is 2.65 bits per heavy atom. The Balaban J connectivity index is 2.27. The van der Waals surface area contributed by atoms with Gasteiger partial charge in [0.05, 0.1) is 6.61 Å². The third-order valence-electron chi connectivity index (χ3n) is 4.29. The maximum absolute atomic E-state index is 11.1. The monoisotopic (exact) mass is 238 g/mol. The van der Waals surface area contributed by atoms with Crippen LogP contribution in [0.5, 0.6) is 0 Å². The third-order valence-corrected chi connectivity index (χ3v) is 4.29. The molecule has 2 aliphatic rings. The number of ether oxygens (including phenoxy) is 1. The number of hydrogen-bond donors (Lipinski definition) is 1. The lowest BCUT2D eigenvalue weighted by atomic mass is 9.63. The van der Waals surface area contributed by atoms with Gasteiger partial charge in [-0.2, -0.15) is 0 Å². The lowest BCUT2D eigenvalue weighted by molar-refractivity contribution is -0.0979. The standard InChI is InChI=1S/C15H26O2/c1-14(2,3)12-8-4-6-10-15(12,16)13-9-5-7-11-17-13/h9,12,16H,4-8,10-11H2,1-3H3. The van der Waals surface area contributed by atoms with E-state index in [1.165, 1.54) is 6.42 Å². The van der Waals surface area contributed by atoms with Gasteiger partial charge >= 0.3 is 0 Å². The smallest absolute Gasteiger partial charge is 0.124 e. The van der Waals surface area contributed by atoms with Gasteiger partial charge in [-0.25, -0.2) is 0 Å². The van der Waals surface area contributed by atoms with Crippen LogP contribution >= 0.6 is 0 Å².